The topological polar surface area (TPSA) is 122 Å². The van der Waals surface area contributed by atoms with Crippen LogP contribution in [0.2, 0.25) is 0 Å². The summed E-state index contributed by atoms with van der Waals surface area (Å²) in [6, 6.07) is -0.681. The van der Waals surface area contributed by atoms with Crippen LogP contribution in [-0.4, -0.2) is 61.8 Å². The maximum atomic E-state index is 11.7. The van der Waals surface area contributed by atoms with E-state index in [-0.39, 0.29) is 31.9 Å². The van der Waals surface area contributed by atoms with Gasteiger partial charge in [0.15, 0.2) is 15.4 Å². The first-order chi connectivity index (χ1) is 9.36. The van der Waals surface area contributed by atoms with Crippen molar-refractivity contribution in [2.45, 2.75) is 30.1 Å². The Labute approximate surface area is 116 Å². The summed E-state index contributed by atoms with van der Waals surface area (Å²) in [7, 11) is -3.13. The molecule has 2 unspecified atom stereocenters. The van der Waals surface area contributed by atoms with Gasteiger partial charge in [0.1, 0.15) is 0 Å². The van der Waals surface area contributed by atoms with Crippen molar-refractivity contribution >= 4 is 21.8 Å². The molecule has 0 radical (unpaired) electrons. The van der Waals surface area contributed by atoms with Gasteiger partial charge in [-0.1, -0.05) is 0 Å². The first-order valence-electron chi connectivity index (χ1n) is 6.44. The number of nitrogens with one attached hydrogen (secondary N) is 2. The highest BCUT2D eigenvalue weighted by molar-refractivity contribution is 7.92. The molecule has 0 bridgehead atoms. The van der Waals surface area contributed by atoms with Gasteiger partial charge in [0.05, 0.1) is 17.6 Å². The molecule has 20 heavy (non-hydrogen) atoms. The minimum atomic E-state index is -3.13. The maximum absolute atomic E-state index is 11.7. The van der Waals surface area contributed by atoms with Crippen LogP contribution in [0.5, 0.6) is 0 Å². The number of urea groups is 1. The van der Waals surface area contributed by atoms with Gasteiger partial charge in [-0.15, -0.1) is 0 Å². The number of sulfone groups is 1. The van der Waals surface area contributed by atoms with Crippen LogP contribution in [0.4, 0.5) is 4.79 Å². The van der Waals surface area contributed by atoms with Crippen molar-refractivity contribution in [3.05, 3.63) is 0 Å². The van der Waals surface area contributed by atoms with E-state index in [2.05, 4.69) is 10.6 Å². The van der Waals surface area contributed by atoms with Crippen molar-refractivity contribution in [2.24, 2.45) is 0 Å². The maximum Gasteiger partial charge on any atom is 0.332 e. The highest BCUT2D eigenvalue weighted by atomic mass is 32.2. The smallest absolute Gasteiger partial charge is 0.332 e. The van der Waals surface area contributed by atoms with E-state index in [0.29, 0.717) is 12.8 Å². The van der Waals surface area contributed by atoms with Crippen molar-refractivity contribution in [3.8, 4) is 0 Å². The molecule has 0 spiro atoms. The molecule has 8 nitrogen and oxygen atoms in total. The molecule has 2 heterocycles. The number of amides is 2. The number of carboxylic acids is 1. The fourth-order valence-electron chi connectivity index (χ4n) is 2.44. The van der Waals surface area contributed by atoms with E-state index in [1.54, 1.807) is 0 Å². The van der Waals surface area contributed by atoms with Crippen molar-refractivity contribution in [3.63, 3.8) is 0 Å². The average Bonchev–Trinajstić information content (AvgIpc) is 2.94. The minimum Gasteiger partial charge on any atom is -0.479 e. The zero-order valence-electron chi connectivity index (χ0n) is 10.9. The van der Waals surface area contributed by atoms with Crippen molar-refractivity contribution in [2.75, 3.05) is 25.5 Å². The van der Waals surface area contributed by atoms with Crippen LogP contribution in [-0.2, 0) is 19.4 Å². The molecule has 0 aliphatic carbocycles. The molecule has 2 amide bonds. The van der Waals surface area contributed by atoms with Gasteiger partial charge in [0.2, 0.25) is 0 Å². The van der Waals surface area contributed by atoms with E-state index in [1.165, 1.54) is 0 Å². The lowest BCUT2D eigenvalue weighted by Gasteiger charge is -2.24. The zero-order valence-corrected chi connectivity index (χ0v) is 11.7. The number of carbonyl (C=O) groups excluding carboxylic acids is 1. The van der Waals surface area contributed by atoms with Crippen LogP contribution < -0.4 is 10.6 Å². The highest BCUT2D eigenvalue weighted by Gasteiger charge is 2.44. The van der Waals surface area contributed by atoms with E-state index in [4.69, 9.17) is 9.84 Å². The normalized spacial score (nSPS) is 31.9. The van der Waals surface area contributed by atoms with Gasteiger partial charge in [-0.3, -0.25) is 0 Å². The second-order valence-corrected chi connectivity index (χ2v) is 7.56. The lowest BCUT2D eigenvalue weighted by molar-refractivity contribution is -0.144. The summed E-state index contributed by atoms with van der Waals surface area (Å²) in [5, 5.41) is 13.4. The molecule has 0 saturated carbocycles. The number of carboxylic acid groups (broad SMARTS) is 1. The summed E-state index contributed by atoms with van der Waals surface area (Å²) in [4.78, 5) is 22.9. The second-order valence-electron chi connectivity index (χ2n) is 5.16. The lowest BCUT2D eigenvalue weighted by Crippen LogP contribution is -2.58. The summed E-state index contributed by atoms with van der Waals surface area (Å²) in [5.74, 6) is -1.01. The number of aliphatic carboxylic acids is 1. The summed E-state index contributed by atoms with van der Waals surface area (Å²) < 4.78 is 28.2. The van der Waals surface area contributed by atoms with E-state index in [0.717, 1.165) is 0 Å². The van der Waals surface area contributed by atoms with Crippen LogP contribution in [0, 0.1) is 0 Å². The monoisotopic (exact) mass is 306 g/mol. The van der Waals surface area contributed by atoms with Gasteiger partial charge in [0, 0.05) is 19.6 Å². The molecule has 2 atom stereocenters. The van der Waals surface area contributed by atoms with Gasteiger partial charge in [-0.2, -0.15) is 0 Å². The van der Waals surface area contributed by atoms with Gasteiger partial charge in [-0.25, -0.2) is 18.0 Å². The molecule has 2 fully saturated rings. The van der Waals surface area contributed by atoms with Crippen LogP contribution in [0.1, 0.15) is 19.3 Å². The van der Waals surface area contributed by atoms with Crippen LogP contribution in [0.15, 0.2) is 0 Å². The van der Waals surface area contributed by atoms with E-state index < -0.39 is 32.6 Å². The predicted molar refractivity (Wildman–Crippen MR) is 69.1 cm³/mol. The molecular formula is C11H18N2O6S. The third-order valence-electron chi connectivity index (χ3n) is 3.74. The molecule has 9 heteroatoms. The first kappa shape index (κ1) is 15.0. The molecule has 3 N–H and O–H groups in total. The molecule has 2 rings (SSSR count). The van der Waals surface area contributed by atoms with Crippen LogP contribution in [0.3, 0.4) is 0 Å². The third kappa shape index (κ3) is 3.04. The van der Waals surface area contributed by atoms with Gasteiger partial charge < -0.3 is 20.5 Å². The fourth-order valence-corrected chi connectivity index (χ4v) is 4.21. The van der Waals surface area contributed by atoms with E-state index in [9.17, 15) is 18.0 Å². The number of ether oxygens (including phenoxy) is 1. The molecule has 114 valence electrons. The van der Waals surface area contributed by atoms with Gasteiger partial charge in [0.25, 0.3) is 0 Å². The number of hydrogen-bond acceptors (Lipinski definition) is 5. The Morgan fingerprint density at radius 3 is 2.65 bits per heavy atom. The third-order valence-corrected chi connectivity index (χ3v) is 6.01. The Morgan fingerprint density at radius 2 is 2.15 bits per heavy atom. The number of carbonyl (C=O) groups is 2. The molecule has 0 aromatic rings. The summed E-state index contributed by atoms with van der Waals surface area (Å²) >= 11 is 0. The van der Waals surface area contributed by atoms with Gasteiger partial charge >= 0.3 is 12.0 Å². The lowest BCUT2D eigenvalue weighted by atomic mass is 9.99. The van der Waals surface area contributed by atoms with Crippen LogP contribution in [0.25, 0.3) is 0 Å². The molecule has 0 aromatic heterocycles. The summed E-state index contributed by atoms with van der Waals surface area (Å²) in [6.07, 6.45) is 1.32. The average molecular weight is 306 g/mol. The minimum absolute atomic E-state index is 0.00469. The Morgan fingerprint density at radius 1 is 1.40 bits per heavy atom. The van der Waals surface area contributed by atoms with Crippen molar-refractivity contribution in [1.29, 1.82) is 0 Å². The first-order valence-corrected chi connectivity index (χ1v) is 8.16. The molecular weight excluding hydrogens is 288 g/mol. The number of rotatable bonds is 4. The quantitative estimate of drug-likeness (QED) is 0.619. The van der Waals surface area contributed by atoms with Gasteiger partial charge in [-0.05, 0) is 12.8 Å². The molecule has 2 aliphatic rings. The largest absolute Gasteiger partial charge is 0.479 e. The Balaban J connectivity index is 1.88. The van der Waals surface area contributed by atoms with Crippen LogP contribution >= 0.6 is 0 Å². The standard InChI is InChI=1S/C11H18N2O6S/c14-9(15)11(3-4-19-7-11)13-10(16)12-6-8-2-1-5-20(8,17)18/h8H,1-7H2,(H,14,15)(H2,12,13,16). The van der Waals surface area contributed by atoms with Crippen molar-refractivity contribution < 1.29 is 27.9 Å². The molecule has 0 aromatic carbocycles. The molecule has 2 saturated heterocycles. The Kier molecular flexibility index (Phi) is 4.19. The van der Waals surface area contributed by atoms with E-state index >= 15 is 0 Å². The Bertz CT molecular complexity index is 497. The second kappa shape index (κ2) is 5.57. The summed E-state index contributed by atoms with van der Waals surface area (Å²) in [6.45, 7) is 0.186. The van der Waals surface area contributed by atoms with Crippen molar-refractivity contribution in [1.82, 2.24) is 10.6 Å². The molecule has 2 aliphatic heterocycles. The number of hydrogen-bond donors (Lipinski definition) is 3. The predicted octanol–water partition coefficient (Wildman–Crippen LogP) is -0.893. The zero-order chi connectivity index (χ0) is 14.8. The SMILES string of the molecule is O=C(NCC1CCCS1(=O)=O)NC1(C(=O)O)CCOC1. The van der Waals surface area contributed by atoms with E-state index in [1.807, 2.05) is 0 Å². The fraction of sp³-hybridized carbons (Fsp3) is 0.818. The Hall–Kier alpha value is -1.35. The summed E-state index contributed by atoms with van der Waals surface area (Å²) in [5.41, 5.74) is -1.42. The highest BCUT2D eigenvalue weighted by Crippen LogP contribution is 2.20.